The number of aromatic nitrogens is 2. The quantitative estimate of drug-likeness (QED) is 0.784. The summed E-state index contributed by atoms with van der Waals surface area (Å²) < 4.78 is 1.40. The monoisotopic (exact) mass is 353 g/mol. The number of fused-ring (bicyclic) bond motifs is 1. The Hall–Kier alpha value is -2.66. The molecule has 1 fully saturated rings. The van der Waals surface area contributed by atoms with E-state index in [0.29, 0.717) is 16.2 Å². The molecule has 0 unspecified atom stereocenters. The molecule has 5 nitrogen and oxygen atoms in total. The molecule has 2 aromatic carbocycles. The zero-order chi connectivity index (χ0) is 17.4. The number of hydrogen-bond acceptors (Lipinski definition) is 3. The van der Waals surface area contributed by atoms with E-state index < -0.39 is 5.69 Å². The van der Waals surface area contributed by atoms with Gasteiger partial charge in [0, 0.05) is 22.0 Å². The van der Waals surface area contributed by atoms with Crippen molar-refractivity contribution in [3.63, 3.8) is 0 Å². The second-order valence-corrected chi connectivity index (χ2v) is 6.63. The van der Waals surface area contributed by atoms with Crippen molar-refractivity contribution in [3.8, 4) is 11.3 Å². The summed E-state index contributed by atoms with van der Waals surface area (Å²) in [6.45, 7) is -0.0461. The number of hydrogen-bond donors (Lipinski definition) is 1. The Bertz CT molecular complexity index is 1010. The van der Waals surface area contributed by atoms with E-state index in [1.54, 1.807) is 18.2 Å². The van der Waals surface area contributed by atoms with Crippen molar-refractivity contribution >= 4 is 28.4 Å². The Morgan fingerprint density at radius 3 is 2.68 bits per heavy atom. The molecule has 1 N–H and O–H groups in total. The maximum absolute atomic E-state index is 12.6. The van der Waals surface area contributed by atoms with Crippen molar-refractivity contribution in [3.05, 3.63) is 64.0 Å². The molecule has 6 heteroatoms. The molecule has 3 aromatic rings. The van der Waals surface area contributed by atoms with Crippen LogP contribution in [0.1, 0.15) is 12.8 Å². The largest absolute Gasteiger partial charge is 0.352 e. The predicted octanol–water partition coefficient (Wildman–Crippen LogP) is 3.00. The van der Waals surface area contributed by atoms with Gasteiger partial charge in [-0.05, 0) is 31.0 Å². The van der Waals surface area contributed by atoms with Crippen LogP contribution in [-0.2, 0) is 11.3 Å². The fourth-order valence-corrected chi connectivity index (χ4v) is 3.04. The van der Waals surface area contributed by atoms with E-state index >= 15 is 0 Å². The van der Waals surface area contributed by atoms with Crippen molar-refractivity contribution in [2.75, 3.05) is 0 Å². The van der Waals surface area contributed by atoms with Gasteiger partial charge in [0.15, 0.2) is 0 Å². The number of nitrogens with zero attached hydrogens (tertiary/aromatic N) is 2. The van der Waals surface area contributed by atoms with Crippen LogP contribution in [0, 0.1) is 0 Å². The third-order valence-corrected chi connectivity index (χ3v) is 4.47. The van der Waals surface area contributed by atoms with Gasteiger partial charge in [0.25, 0.3) is 0 Å². The molecule has 4 rings (SSSR count). The molecule has 1 amide bonds. The number of amides is 1. The highest BCUT2D eigenvalue weighted by Gasteiger charge is 2.24. The predicted molar refractivity (Wildman–Crippen MR) is 97.6 cm³/mol. The average Bonchev–Trinajstić information content (AvgIpc) is 3.42. The van der Waals surface area contributed by atoms with Crippen molar-refractivity contribution in [2.45, 2.75) is 25.4 Å². The van der Waals surface area contributed by atoms with Crippen LogP contribution in [0.4, 0.5) is 0 Å². The molecular weight excluding hydrogens is 338 g/mol. The van der Waals surface area contributed by atoms with Gasteiger partial charge in [0.05, 0.1) is 11.2 Å². The topological polar surface area (TPSA) is 64.0 Å². The van der Waals surface area contributed by atoms with Crippen LogP contribution in [0.25, 0.3) is 22.2 Å². The summed E-state index contributed by atoms with van der Waals surface area (Å²) >= 11 is 6.16. The van der Waals surface area contributed by atoms with E-state index in [1.807, 2.05) is 30.3 Å². The van der Waals surface area contributed by atoms with Gasteiger partial charge in [-0.25, -0.2) is 4.79 Å². The maximum atomic E-state index is 12.6. The standard InChI is InChI=1S/C19H16ClN3O2/c20-13-6-9-16-15(10-13)18(12-4-2-1-3-5-12)22-19(25)23(16)11-17(24)21-14-7-8-14/h1-6,9-10,14H,7-8,11H2,(H,21,24). The molecule has 0 saturated heterocycles. The summed E-state index contributed by atoms with van der Waals surface area (Å²) in [6.07, 6.45) is 2.00. The van der Waals surface area contributed by atoms with Crippen LogP contribution >= 0.6 is 11.6 Å². The van der Waals surface area contributed by atoms with Crippen molar-refractivity contribution in [2.24, 2.45) is 0 Å². The van der Waals surface area contributed by atoms with E-state index in [2.05, 4.69) is 10.3 Å². The average molecular weight is 354 g/mol. The Morgan fingerprint density at radius 2 is 1.96 bits per heavy atom. The van der Waals surface area contributed by atoms with E-state index in [4.69, 9.17) is 11.6 Å². The Kier molecular flexibility index (Phi) is 4.01. The highest BCUT2D eigenvalue weighted by atomic mass is 35.5. The highest BCUT2D eigenvalue weighted by molar-refractivity contribution is 6.31. The summed E-state index contributed by atoms with van der Waals surface area (Å²) in [4.78, 5) is 29.0. The molecule has 1 aliphatic carbocycles. The van der Waals surface area contributed by atoms with Crippen molar-refractivity contribution in [1.82, 2.24) is 14.9 Å². The number of carbonyl (C=O) groups is 1. The maximum Gasteiger partial charge on any atom is 0.349 e. The summed E-state index contributed by atoms with van der Waals surface area (Å²) in [7, 11) is 0. The van der Waals surface area contributed by atoms with Gasteiger partial charge in [0.1, 0.15) is 6.54 Å². The molecular formula is C19H16ClN3O2. The van der Waals surface area contributed by atoms with Crippen molar-refractivity contribution in [1.29, 1.82) is 0 Å². The lowest BCUT2D eigenvalue weighted by molar-refractivity contribution is -0.121. The van der Waals surface area contributed by atoms with Gasteiger partial charge >= 0.3 is 5.69 Å². The Morgan fingerprint density at radius 1 is 1.20 bits per heavy atom. The van der Waals surface area contributed by atoms with Crippen LogP contribution in [0.3, 0.4) is 0 Å². The molecule has 0 spiro atoms. The number of carbonyl (C=O) groups excluding carboxylic acids is 1. The number of rotatable bonds is 4. The van der Waals surface area contributed by atoms with Crippen LogP contribution < -0.4 is 11.0 Å². The van der Waals surface area contributed by atoms with E-state index in [1.165, 1.54) is 4.57 Å². The first-order chi connectivity index (χ1) is 12.1. The molecule has 0 bridgehead atoms. The summed E-state index contributed by atoms with van der Waals surface area (Å²) in [6, 6.07) is 15.0. The number of benzene rings is 2. The number of nitrogens with one attached hydrogen (secondary N) is 1. The van der Waals surface area contributed by atoms with Gasteiger partial charge in [-0.1, -0.05) is 41.9 Å². The van der Waals surface area contributed by atoms with Crippen LogP contribution in [0.5, 0.6) is 0 Å². The lowest BCUT2D eigenvalue weighted by atomic mass is 10.1. The molecule has 1 aromatic heterocycles. The van der Waals surface area contributed by atoms with Crippen molar-refractivity contribution < 1.29 is 4.79 Å². The number of halogens is 1. The first-order valence-electron chi connectivity index (χ1n) is 8.17. The van der Waals surface area contributed by atoms with E-state index in [0.717, 1.165) is 23.8 Å². The third kappa shape index (κ3) is 3.28. The van der Waals surface area contributed by atoms with Gasteiger partial charge in [-0.2, -0.15) is 4.98 Å². The zero-order valence-corrected chi connectivity index (χ0v) is 14.2. The molecule has 0 radical (unpaired) electrons. The minimum absolute atomic E-state index is 0.0461. The fraction of sp³-hybridized carbons (Fsp3) is 0.211. The zero-order valence-electron chi connectivity index (χ0n) is 13.4. The van der Waals surface area contributed by atoms with Gasteiger partial charge in [-0.3, -0.25) is 9.36 Å². The normalized spacial score (nSPS) is 13.8. The van der Waals surface area contributed by atoms with E-state index in [9.17, 15) is 9.59 Å². The summed E-state index contributed by atoms with van der Waals surface area (Å²) in [5.41, 5.74) is 1.61. The lowest BCUT2D eigenvalue weighted by Gasteiger charge is -2.13. The second-order valence-electron chi connectivity index (χ2n) is 6.20. The molecule has 0 atom stereocenters. The Labute approximate surface area is 149 Å². The SMILES string of the molecule is O=C(Cn1c(=O)nc(-c2ccccc2)c2cc(Cl)ccc21)NC1CC1. The fourth-order valence-electron chi connectivity index (χ4n) is 2.87. The first-order valence-corrected chi connectivity index (χ1v) is 8.54. The first kappa shape index (κ1) is 15.8. The molecule has 25 heavy (non-hydrogen) atoms. The van der Waals surface area contributed by atoms with Crippen LogP contribution in [0.15, 0.2) is 53.3 Å². The van der Waals surface area contributed by atoms with Gasteiger partial charge in [0.2, 0.25) is 5.91 Å². The second kappa shape index (κ2) is 6.33. The summed E-state index contributed by atoms with van der Waals surface area (Å²) in [5, 5.41) is 4.20. The van der Waals surface area contributed by atoms with Crippen LogP contribution in [-0.4, -0.2) is 21.5 Å². The summed E-state index contributed by atoms with van der Waals surface area (Å²) in [5.74, 6) is -0.171. The Balaban J connectivity index is 1.86. The molecule has 126 valence electrons. The molecule has 1 heterocycles. The molecule has 0 aliphatic heterocycles. The lowest BCUT2D eigenvalue weighted by Crippen LogP contribution is -2.34. The van der Waals surface area contributed by atoms with Gasteiger partial charge < -0.3 is 5.32 Å². The molecule has 1 saturated carbocycles. The third-order valence-electron chi connectivity index (χ3n) is 4.23. The minimum Gasteiger partial charge on any atom is -0.352 e. The van der Waals surface area contributed by atoms with Gasteiger partial charge in [-0.15, -0.1) is 0 Å². The smallest absolute Gasteiger partial charge is 0.349 e. The molecule has 1 aliphatic rings. The van der Waals surface area contributed by atoms with Crippen LogP contribution in [0.2, 0.25) is 5.02 Å². The minimum atomic E-state index is -0.445. The van der Waals surface area contributed by atoms with E-state index in [-0.39, 0.29) is 18.5 Å². The highest BCUT2D eigenvalue weighted by Crippen LogP contribution is 2.27.